The average molecular weight is 163 g/mol. The fraction of sp³-hybridized carbons (Fsp3) is 0.455. The molecule has 0 saturated carbocycles. The summed E-state index contributed by atoms with van der Waals surface area (Å²) in [6, 6.07) is 2.14. The second-order valence-electron chi connectivity index (χ2n) is 4.33. The van der Waals surface area contributed by atoms with Crippen LogP contribution in [0.4, 0.5) is 0 Å². The van der Waals surface area contributed by atoms with E-state index >= 15 is 0 Å². The summed E-state index contributed by atoms with van der Waals surface area (Å²) >= 11 is 0. The lowest BCUT2D eigenvalue weighted by molar-refractivity contribution is 0.547. The van der Waals surface area contributed by atoms with E-state index in [1.807, 2.05) is 6.20 Å². The minimum atomic E-state index is 0.263. The van der Waals surface area contributed by atoms with E-state index in [0.29, 0.717) is 0 Å². The molecule has 1 heteroatoms. The summed E-state index contributed by atoms with van der Waals surface area (Å²) in [4.78, 5) is 3.19. The number of H-pyrrole nitrogens is 1. The van der Waals surface area contributed by atoms with Crippen LogP contribution in [0.5, 0.6) is 0 Å². The van der Waals surface area contributed by atoms with Gasteiger partial charge in [0.1, 0.15) is 0 Å². The monoisotopic (exact) mass is 163 g/mol. The zero-order chi connectivity index (χ0) is 9.19. The van der Waals surface area contributed by atoms with Crippen LogP contribution in [0.3, 0.4) is 0 Å². The first kappa shape index (κ1) is 9.11. The minimum Gasteiger partial charge on any atom is -0.361 e. The van der Waals surface area contributed by atoms with Crippen LogP contribution in [-0.2, 0) is 0 Å². The molecular weight excluding hydrogens is 146 g/mol. The van der Waals surface area contributed by atoms with E-state index in [0.717, 1.165) is 0 Å². The summed E-state index contributed by atoms with van der Waals surface area (Å²) < 4.78 is 0. The van der Waals surface area contributed by atoms with E-state index in [1.165, 1.54) is 11.3 Å². The van der Waals surface area contributed by atoms with Gasteiger partial charge in [0.25, 0.3) is 0 Å². The van der Waals surface area contributed by atoms with Crippen molar-refractivity contribution in [2.45, 2.75) is 27.7 Å². The lowest BCUT2D eigenvalue weighted by Gasteiger charge is -2.10. The third kappa shape index (κ3) is 2.95. The van der Waals surface area contributed by atoms with Gasteiger partial charge in [0.15, 0.2) is 0 Å². The standard InChI is InChI=1S/C11H17N/c1-9-7-10(12-8-9)5-6-11(2,3)4/h5-8,12H,1-4H3/b6-5+. The Labute approximate surface area is 74.5 Å². The second-order valence-corrected chi connectivity index (χ2v) is 4.33. The van der Waals surface area contributed by atoms with Crippen LogP contribution in [0.1, 0.15) is 32.0 Å². The largest absolute Gasteiger partial charge is 0.361 e. The second kappa shape index (κ2) is 3.18. The maximum atomic E-state index is 3.19. The van der Waals surface area contributed by atoms with E-state index in [4.69, 9.17) is 0 Å². The Balaban J connectivity index is 2.70. The average Bonchev–Trinajstić information content (AvgIpc) is 2.30. The van der Waals surface area contributed by atoms with Gasteiger partial charge in [-0.1, -0.05) is 26.8 Å². The molecule has 0 radical (unpaired) electrons. The Morgan fingerprint density at radius 1 is 1.33 bits per heavy atom. The fourth-order valence-electron chi connectivity index (χ4n) is 0.962. The molecule has 0 spiro atoms. The van der Waals surface area contributed by atoms with Crippen molar-refractivity contribution in [2.24, 2.45) is 5.41 Å². The van der Waals surface area contributed by atoms with Gasteiger partial charge in [-0.25, -0.2) is 0 Å². The van der Waals surface area contributed by atoms with Gasteiger partial charge in [-0.15, -0.1) is 0 Å². The molecule has 0 aliphatic carbocycles. The molecule has 1 aromatic heterocycles. The Morgan fingerprint density at radius 2 is 2.00 bits per heavy atom. The van der Waals surface area contributed by atoms with Gasteiger partial charge in [0.2, 0.25) is 0 Å². The van der Waals surface area contributed by atoms with Crippen molar-refractivity contribution >= 4 is 6.08 Å². The summed E-state index contributed by atoms with van der Waals surface area (Å²) in [5.74, 6) is 0. The van der Waals surface area contributed by atoms with Gasteiger partial charge < -0.3 is 4.98 Å². The van der Waals surface area contributed by atoms with Crippen LogP contribution in [-0.4, -0.2) is 4.98 Å². The highest BCUT2D eigenvalue weighted by molar-refractivity contribution is 5.46. The van der Waals surface area contributed by atoms with Gasteiger partial charge in [-0.2, -0.15) is 0 Å². The molecule has 0 fully saturated rings. The maximum Gasteiger partial charge on any atom is 0.0380 e. The summed E-state index contributed by atoms with van der Waals surface area (Å²) in [6.45, 7) is 8.67. The SMILES string of the molecule is Cc1c[nH]c(/C=C/C(C)(C)C)c1. The fourth-order valence-corrected chi connectivity index (χ4v) is 0.962. The first-order chi connectivity index (χ1) is 5.47. The Hall–Kier alpha value is -0.980. The van der Waals surface area contributed by atoms with Crippen LogP contribution < -0.4 is 0 Å². The number of aromatic amines is 1. The molecule has 0 saturated heterocycles. The highest BCUT2D eigenvalue weighted by atomic mass is 14.7. The molecule has 1 N–H and O–H groups in total. The molecule has 0 aliphatic rings. The van der Waals surface area contributed by atoms with E-state index in [1.54, 1.807) is 0 Å². The van der Waals surface area contributed by atoms with E-state index in [2.05, 4.69) is 50.9 Å². The van der Waals surface area contributed by atoms with Gasteiger partial charge in [0.05, 0.1) is 0 Å². The number of rotatable bonds is 1. The maximum absolute atomic E-state index is 3.19. The van der Waals surface area contributed by atoms with Crippen LogP contribution in [0.25, 0.3) is 6.08 Å². The first-order valence-corrected chi connectivity index (χ1v) is 4.32. The summed E-state index contributed by atoms with van der Waals surface area (Å²) in [5.41, 5.74) is 2.73. The predicted octanol–water partition coefficient (Wildman–Crippen LogP) is 3.38. The lowest BCUT2D eigenvalue weighted by atomic mass is 9.96. The third-order valence-corrected chi connectivity index (χ3v) is 1.61. The van der Waals surface area contributed by atoms with Crippen molar-refractivity contribution in [3.63, 3.8) is 0 Å². The van der Waals surface area contributed by atoms with Crippen molar-refractivity contribution in [2.75, 3.05) is 0 Å². The van der Waals surface area contributed by atoms with Crippen LogP contribution in [0, 0.1) is 12.3 Å². The molecule has 0 bridgehead atoms. The lowest BCUT2D eigenvalue weighted by Crippen LogP contribution is -1.97. The first-order valence-electron chi connectivity index (χ1n) is 4.32. The Bertz CT molecular complexity index is 273. The van der Waals surface area contributed by atoms with E-state index in [-0.39, 0.29) is 5.41 Å². The Morgan fingerprint density at radius 3 is 2.42 bits per heavy atom. The van der Waals surface area contributed by atoms with Crippen LogP contribution in [0.15, 0.2) is 18.3 Å². The highest BCUT2D eigenvalue weighted by Gasteiger charge is 2.03. The van der Waals surface area contributed by atoms with Crippen molar-refractivity contribution in [3.8, 4) is 0 Å². The molecule has 1 aromatic rings. The predicted molar refractivity (Wildman–Crippen MR) is 54.0 cm³/mol. The summed E-state index contributed by atoms with van der Waals surface area (Å²) in [7, 11) is 0. The number of hydrogen-bond acceptors (Lipinski definition) is 0. The molecule has 0 amide bonds. The normalized spacial score (nSPS) is 12.7. The Kier molecular flexibility index (Phi) is 2.41. The van der Waals surface area contributed by atoms with Gasteiger partial charge in [0, 0.05) is 11.9 Å². The van der Waals surface area contributed by atoms with Crippen molar-refractivity contribution in [3.05, 3.63) is 29.6 Å². The molecule has 1 rings (SSSR count). The van der Waals surface area contributed by atoms with Gasteiger partial charge in [-0.3, -0.25) is 0 Å². The van der Waals surface area contributed by atoms with Crippen molar-refractivity contribution < 1.29 is 0 Å². The molecule has 1 nitrogen and oxygen atoms in total. The summed E-state index contributed by atoms with van der Waals surface area (Å²) in [5, 5.41) is 0. The number of hydrogen-bond donors (Lipinski definition) is 1. The molecule has 1 heterocycles. The van der Waals surface area contributed by atoms with Crippen molar-refractivity contribution in [1.29, 1.82) is 0 Å². The number of allylic oxidation sites excluding steroid dienone is 1. The number of nitrogens with one attached hydrogen (secondary N) is 1. The summed E-state index contributed by atoms with van der Waals surface area (Å²) in [6.07, 6.45) is 6.35. The van der Waals surface area contributed by atoms with E-state index < -0.39 is 0 Å². The third-order valence-electron chi connectivity index (χ3n) is 1.61. The quantitative estimate of drug-likeness (QED) is 0.653. The van der Waals surface area contributed by atoms with E-state index in [9.17, 15) is 0 Å². The number of aryl methyl sites for hydroxylation is 1. The van der Waals surface area contributed by atoms with Gasteiger partial charge in [-0.05, 0) is 30.0 Å². The molecule has 0 atom stereocenters. The molecule has 0 aliphatic heterocycles. The molecule has 66 valence electrons. The topological polar surface area (TPSA) is 15.8 Å². The van der Waals surface area contributed by atoms with Crippen LogP contribution >= 0.6 is 0 Å². The number of aromatic nitrogens is 1. The molecule has 12 heavy (non-hydrogen) atoms. The van der Waals surface area contributed by atoms with Crippen molar-refractivity contribution in [1.82, 2.24) is 4.98 Å². The van der Waals surface area contributed by atoms with Crippen LogP contribution in [0.2, 0.25) is 0 Å². The zero-order valence-corrected chi connectivity index (χ0v) is 8.31. The molecular formula is C11H17N. The van der Waals surface area contributed by atoms with Gasteiger partial charge >= 0.3 is 0 Å². The minimum absolute atomic E-state index is 0.263. The molecule has 0 aromatic carbocycles. The smallest absolute Gasteiger partial charge is 0.0380 e. The zero-order valence-electron chi connectivity index (χ0n) is 8.31. The highest BCUT2D eigenvalue weighted by Crippen LogP contribution is 2.16. The molecule has 0 unspecified atom stereocenters.